The van der Waals surface area contributed by atoms with Gasteiger partial charge in [0.05, 0.1) is 5.75 Å². The summed E-state index contributed by atoms with van der Waals surface area (Å²) >= 11 is 1.29. The molecule has 102 valence electrons. The molecule has 2 rings (SSSR count). The molecular weight excluding hydrogens is 286 g/mol. The second-order valence-corrected chi connectivity index (χ2v) is 7.52. The molecule has 0 bridgehead atoms. The monoisotopic (exact) mass is 299 g/mol. The lowest BCUT2D eigenvalue weighted by molar-refractivity contribution is 0.0535. The van der Waals surface area contributed by atoms with Crippen LogP contribution < -0.4 is 5.73 Å². The zero-order chi connectivity index (χ0) is 14.0. The van der Waals surface area contributed by atoms with Crippen molar-refractivity contribution < 1.29 is 17.9 Å². The zero-order valence-corrected chi connectivity index (χ0v) is 11.9. The van der Waals surface area contributed by atoms with Crippen LogP contribution >= 0.6 is 11.3 Å². The van der Waals surface area contributed by atoms with E-state index in [1.807, 2.05) is 6.07 Å². The molecule has 0 saturated heterocycles. The first kappa shape index (κ1) is 13.8. The van der Waals surface area contributed by atoms with Crippen molar-refractivity contribution in [1.82, 2.24) is 0 Å². The van der Waals surface area contributed by atoms with Crippen molar-refractivity contribution in [3.05, 3.63) is 29.1 Å². The fourth-order valence-corrected chi connectivity index (χ4v) is 2.84. The molecule has 0 unspecified atom stereocenters. The van der Waals surface area contributed by atoms with Crippen molar-refractivity contribution in [3.8, 4) is 0 Å². The third kappa shape index (κ3) is 3.68. The van der Waals surface area contributed by atoms with Crippen LogP contribution in [-0.4, -0.2) is 33.0 Å². The second kappa shape index (κ2) is 5.18. The first-order valence-electron chi connectivity index (χ1n) is 5.49. The van der Waals surface area contributed by atoms with Crippen molar-refractivity contribution in [1.29, 1.82) is 0 Å². The number of carbonyl (C=O) groups is 1. The summed E-state index contributed by atoms with van der Waals surface area (Å²) in [5, 5.41) is 0.875. The normalized spacial score (nSPS) is 11.6. The van der Waals surface area contributed by atoms with Gasteiger partial charge in [-0.05, 0) is 29.7 Å². The van der Waals surface area contributed by atoms with Gasteiger partial charge in [-0.25, -0.2) is 13.2 Å². The molecule has 0 fully saturated rings. The van der Waals surface area contributed by atoms with Crippen LogP contribution in [0.3, 0.4) is 0 Å². The van der Waals surface area contributed by atoms with Crippen LogP contribution in [-0.2, 0) is 14.6 Å². The number of hydrogen-bond donors (Lipinski definition) is 1. The molecule has 0 amide bonds. The van der Waals surface area contributed by atoms with Crippen molar-refractivity contribution in [2.75, 3.05) is 24.3 Å². The Morgan fingerprint density at radius 2 is 2.11 bits per heavy atom. The first-order valence-corrected chi connectivity index (χ1v) is 8.37. The van der Waals surface area contributed by atoms with Crippen LogP contribution in [0.25, 0.3) is 10.1 Å². The van der Waals surface area contributed by atoms with Gasteiger partial charge in [0.25, 0.3) is 0 Å². The lowest BCUT2D eigenvalue weighted by atomic mass is 10.2. The third-order valence-corrected chi connectivity index (χ3v) is 4.43. The van der Waals surface area contributed by atoms with E-state index in [1.54, 1.807) is 18.2 Å². The summed E-state index contributed by atoms with van der Waals surface area (Å²) in [5.74, 6) is -0.681. The molecule has 19 heavy (non-hydrogen) atoms. The summed E-state index contributed by atoms with van der Waals surface area (Å²) in [5.41, 5.74) is 6.29. The fourth-order valence-electron chi connectivity index (χ4n) is 1.52. The molecule has 0 atom stereocenters. The second-order valence-electron chi connectivity index (χ2n) is 4.17. The van der Waals surface area contributed by atoms with E-state index in [1.165, 1.54) is 11.3 Å². The van der Waals surface area contributed by atoms with E-state index in [0.29, 0.717) is 10.6 Å². The molecule has 0 saturated carbocycles. The predicted octanol–water partition coefficient (Wildman–Crippen LogP) is 1.68. The molecule has 1 aromatic carbocycles. The van der Waals surface area contributed by atoms with Crippen LogP contribution in [0.15, 0.2) is 24.3 Å². The number of esters is 1. The molecule has 5 nitrogen and oxygen atoms in total. The van der Waals surface area contributed by atoms with Gasteiger partial charge in [-0.3, -0.25) is 0 Å². The van der Waals surface area contributed by atoms with Gasteiger partial charge in [0.2, 0.25) is 0 Å². The molecule has 0 aliphatic carbocycles. The van der Waals surface area contributed by atoms with Crippen LogP contribution in [0, 0.1) is 0 Å². The highest BCUT2D eigenvalue weighted by atomic mass is 32.2. The molecule has 2 aromatic rings. The molecule has 2 N–H and O–H groups in total. The summed E-state index contributed by atoms with van der Waals surface area (Å²) in [6.07, 6.45) is 1.10. The van der Waals surface area contributed by atoms with Gasteiger partial charge in [-0.1, -0.05) is 0 Å². The highest BCUT2D eigenvalue weighted by molar-refractivity contribution is 7.90. The molecule has 7 heteroatoms. The third-order valence-electron chi connectivity index (χ3n) is 2.43. The number of sulfone groups is 1. The number of fused-ring (bicyclic) bond motifs is 1. The summed E-state index contributed by atoms with van der Waals surface area (Å²) in [6.45, 7) is -0.131. The molecule has 0 aliphatic heterocycles. The summed E-state index contributed by atoms with van der Waals surface area (Å²) in [7, 11) is -3.12. The Morgan fingerprint density at radius 3 is 2.79 bits per heavy atom. The van der Waals surface area contributed by atoms with E-state index in [-0.39, 0.29) is 12.4 Å². The van der Waals surface area contributed by atoms with E-state index in [2.05, 4.69) is 0 Å². The SMILES string of the molecule is CS(=O)(=O)CCOC(=O)c1cc2cc(N)ccc2s1. The average Bonchev–Trinajstić information content (AvgIpc) is 2.70. The summed E-state index contributed by atoms with van der Waals surface area (Å²) in [6, 6.07) is 7.07. The van der Waals surface area contributed by atoms with Crippen molar-refractivity contribution >= 4 is 42.9 Å². The van der Waals surface area contributed by atoms with Crippen molar-refractivity contribution in [3.63, 3.8) is 0 Å². The largest absolute Gasteiger partial charge is 0.460 e. The van der Waals surface area contributed by atoms with Crippen molar-refractivity contribution in [2.45, 2.75) is 0 Å². The van der Waals surface area contributed by atoms with Gasteiger partial charge in [0.1, 0.15) is 11.5 Å². The van der Waals surface area contributed by atoms with Gasteiger partial charge in [-0.15, -0.1) is 11.3 Å². The Morgan fingerprint density at radius 1 is 1.37 bits per heavy atom. The minimum atomic E-state index is -3.12. The highest BCUT2D eigenvalue weighted by Gasteiger charge is 2.13. The number of ether oxygens (including phenoxy) is 1. The van der Waals surface area contributed by atoms with Gasteiger partial charge >= 0.3 is 5.97 Å². The molecule has 0 spiro atoms. The van der Waals surface area contributed by atoms with Gasteiger partial charge in [0.15, 0.2) is 9.84 Å². The number of carbonyl (C=O) groups excluding carboxylic acids is 1. The number of anilines is 1. The Balaban J connectivity index is 2.09. The predicted molar refractivity (Wildman–Crippen MR) is 76.2 cm³/mol. The minimum Gasteiger partial charge on any atom is -0.460 e. The topological polar surface area (TPSA) is 86.5 Å². The van der Waals surface area contributed by atoms with Gasteiger partial charge < -0.3 is 10.5 Å². The fraction of sp³-hybridized carbons (Fsp3) is 0.250. The maximum Gasteiger partial charge on any atom is 0.348 e. The number of benzene rings is 1. The maximum absolute atomic E-state index is 11.7. The highest BCUT2D eigenvalue weighted by Crippen LogP contribution is 2.27. The number of thiophene rings is 1. The molecule has 1 heterocycles. The van der Waals surface area contributed by atoms with E-state index >= 15 is 0 Å². The average molecular weight is 299 g/mol. The Bertz CT molecular complexity index is 718. The number of nitrogen functional groups attached to an aromatic ring is 1. The van der Waals surface area contributed by atoms with Crippen LogP contribution in [0.1, 0.15) is 9.67 Å². The quantitative estimate of drug-likeness (QED) is 0.685. The summed E-state index contributed by atoms with van der Waals surface area (Å²) < 4.78 is 27.7. The number of rotatable bonds is 4. The zero-order valence-electron chi connectivity index (χ0n) is 10.3. The smallest absolute Gasteiger partial charge is 0.348 e. The Kier molecular flexibility index (Phi) is 3.77. The van der Waals surface area contributed by atoms with Crippen LogP contribution in [0.5, 0.6) is 0 Å². The first-order chi connectivity index (χ1) is 8.85. The summed E-state index contributed by atoms with van der Waals surface area (Å²) in [4.78, 5) is 12.2. The van der Waals surface area contributed by atoms with Gasteiger partial charge in [0, 0.05) is 16.6 Å². The van der Waals surface area contributed by atoms with E-state index in [9.17, 15) is 13.2 Å². The standard InChI is InChI=1S/C12H13NO4S2/c1-19(15,16)5-4-17-12(14)11-7-8-6-9(13)2-3-10(8)18-11/h2-3,6-7H,4-5,13H2,1H3. The maximum atomic E-state index is 11.7. The minimum absolute atomic E-state index is 0.131. The van der Waals surface area contributed by atoms with Crippen LogP contribution in [0.4, 0.5) is 5.69 Å². The van der Waals surface area contributed by atoms with E-state index in [0.717, 1.165) is 16.3 Å². The molecule has 1 aromatic heterocycles. The van der Waals surface area contributed by atoms with Crippen molar-refractivity contribution in [2.24, 2.45) is 0 Å². The van der Waals surface area contributed by atoms with Gasteiger partial charge in [-0.2, -0.15) is 0 Å². The molecule has 0 aliphatic rings. The lowest BCUT2D eigenvalue weighted by Gasteiger charge is -2.01. The van der Waals surface area contributed by atoms with Crippen LogP contribution in [0.2, 0.25) is 0 Å². The molecular formula is C12H13NO4S2. The Labute approximate surface area is 114 Å². The molecule has 0 radical (unpaired) electrons. The Hall–Kier alpha value is -1.60. The number of hydrogen-bond acceptors (Lipinski definition) is 6. The van der Waals surface area contributed by atoms with E-state index < -0.39 is 15.8 Å². The van der Waals surface area contributed by atoms with E-state index in [4.69, 9.17) is 10.5 Å². The number of nitrogens with two attached hydrogens (primary N) is 1. The lowest BCUT2D eigenvalue weighted by Crippen LogP contribution is -2.13.